The number of nitrogens with one attached hydrogen (secondary N) is 1. The van der Waals surface area contributed by atoms with Crippen molar-refractivity contribution in [2.24, 2.45) is 0 Å². The molecule has 0 saturated carbocycles. The Morgan fingerprint density at radius 3 is 2.79 bits per heavy atom. The number of benzene rings is 2. The summed E-state index contributed by atoms with van der Waals surface area (Å²) >= 11 is 2.72. The number of ether oxygens (including phenoxy) is 1. The summed E-state index contributed by atoms with van der Waals surface area (Å²) in [6, 6.07) is 15.6. The third-order valence-corrected chi connectivity index (χ3v) is 12.6. The Morgan fingerprint density at radius 2 is 1.94 bits per heavy atom. The van der Waals surface area contributed by atoms with Crippen molar-refractivity contribution in [2.75, 3.05) is 44.2 Å². The molecule has 6 nitrogen and oxygen atoms in total. The van der Waals surface area contributed by atoms with Crippen LogP contribution in [-0.4, -0.2) is 58.4 Å². The second-order valence-electron chi connectivity index (χ2n) is 9.47. The van der Waals surface area contributed by atoms with Crippen molar-refractivity contribution in [2.45, 2.75) is 31.2 Å². The number of H-pyrrole nitrogens is 1. The molecule has 3 aliphatic rings. The summed E-state index contributed by atoms with van der Waals surface area (Å²) in [6.07, 6.45) is 4.58. The van der Waals surface area contributed by atoms with Crippen molar-refractivity contribution >= 4 is 41.3 Å². The molecule has 0 spiro atoms. The van der Waals surface area contributed by atoms with Gasteiger partial charge in [0.2, 0.25) is 0 Å². The number of rotatable bonds is 5. The van der Waals surface area contributed by atoms with Gasteiger partial charge in [-0.1, -0.05) is 12.1 Å². The zero-order valence-electron chi connectivity index (χ0n) is 19.1. The first-order valence-corrected chi connectivity index (χ1v) is 19.3. The van der Waals surface area contributed by atoms with Crippen molar-refractivity contribution in [1.29, 1.82) is 0 Å². The number of carbonyl (C=O) groups excluding carboxylic acids is 1. The van der Waals surface area contributed by atoms with Crippen LogP contribution in [0.2, 0.25) is 0 Å². The number of fused-ring (bicyclic) bond motifs is 6. The number of likely N-dealkylation sites (tertiary alicyclic amines) is 1. The standard InChI is InChI=1S/C26H29I2N4O2/c27-28-31-12-10-30(11-13-31)21-3-4-22-20-6-9-32(25(16-20)23(22)17-21)26(33)34-14-7-18-1-2-19-5-8-29-24(19)15-18/h1-5,8,15,17,20,25,29H,6-7,9-14,16H2/q-1. The van der Waals surface area contributed by atoms with Crippen molar-refractivity contribution in [3.63, 3.8) is 0 Å². The molecule has 6 rings (SSSR count). The predicted octanol–water partition coefficient (Wildman–Crippen LogP) is 2.26. The van der Waals surface area contributed by atoms with Crippen LogP contribution in [0.3, 0.4) is 0 Å². The van der Waals surface area contributed by atoms with Crippen LogP contribution in [0.5, 0.6) is 0 Å². The molecule has 8 heteroatoms. The van der Waals surface area contributed by atoms with Crippen LogP contribution in [0.15, 0.2) is 48.7 Å². The summed E-state index contributed by atoms with van der Waals surface area (Å²) in [5.74, 6) is 0.575. The van der Waals surface area contributed by atoms with E-state index in [0.717, 1.165) is 57.5 Å². The normalized spacial score (nSPS) is 22.4. The molecule has 2 bridgehead atoms. The van der Waals surface area contributed by atoms with Crippen molar-refractivity contribution in [1.82, 2.24) is 13.0 Å². The summed E-state index contributed by atoms with van der Waals surface area (Å²) in [4.78, 5) is 20.8. The first-order valence-electron chi connectivity index (χ1n) is 12.1. The number of carbonyl (C=O) groups is 1. The summed E-state index contributed by atoms with van der Waals surface area (Å²) in [6.45, 7) is 5.70. The molecule has 2 aromatic carbocycles. The molecule has 2 atom stereocenters. The Hall–Kier alpha value is -1.53. The molecule has 1 amide bonds. The number of aromatic amines is 1. The zero-order chi connectivity index (χ0) is 23.1. The number of nitrogens with zero attached hydrogens (tertiary/aromatic N) is 3. The summed E-state index contributed by atoms with van der Waals surface area (Å²) in [5, 5.41) is 1.20. The molecule has 34 heavy (non-hydrogen) atoms. The van der Waals surface area contributed by atoms with Gasteiger partial charge in [-0.15, -0.1) is 0 Å². The molecule has 2 unspecified atom stereocenters. The van der Waals surface area contributed by atoms with E-state index in [1.165, 1.54) is 27.8 Å². The van der Waals surface area contributed by atoms with Crippen LogP contribution >= 0.6 is 18.6 Å². The number of hydrogen-bond donors (Lipinski definition) is 1. The Morgan fingerprint density at radius 1 is 1.06 bits per heavy atom. The van der Waals surface area contributed by atoms with E-state index in [-0.39, 0.29) is 29.6 Å². The minimum absolute atomic E-state index is 0.151. The molecule has 1 aromatic heterocycles. The monoisotopic (exact) mass is 683 g/mol. The van der Waals surface area contributed by atoms with Gasteiger partial charge in [0.05, 0.1) is 0 Å². The van der Waals surface area contributed by atoms with Crippen molar-refractivity contribution in [3.8, 4) is 0 Å². The molecule has 2 aliphatic heterocycles. The quantitative estimate of drug-likeness (QED) is 0.332. The number of aromatic nitrogens is 1. The van der Waals surface area contributed by atoms with E-state index in [0.29, 0.717) is 12.5 Å². The number of piperidine rings is 1. The minimum atomic E-state index is -0.165. The van der Waals surface area contributed by atoms with Crippen LogP contribution in [0, 0.1) is 0 Å². The fourth-order valence-electron chi connectivity index (χ4n) is 5.77. The number of amides is 1. The van der Waals surface area contributed by atoms with Crippen molar-refractivity contribution < 1.29 is 27.0 Å². The molecule has 1 aliphatic carbocycles. The first-order chi connectivity index (χ1) is 16.7. The van der Waals surface area contributed by atoms with E-state index in [1.807, 2.05) is 11.1 Å². The van der Waals surface area contributed by atoms with Gasteiger partial charge in [0.1, 0.15) is 0 Å². The van der Waals surface area contributed by atoms with E-state index >= 15 is 0 Å². The van der Waals surface area contributed by atoms with Crippen molar-refractivity contribution in [3.05, 3.63) is 65.4 Å². The van der Waals surface area contributed by atoms with Gasteiger partial charge in [0, 0.05) is 18.1 Å². The molecular weight excluding hydrogens is 654 g/mol. The molecule has 2 saturated heterocycles. The molecule has 3 aromatic rings. The van der Waals surface area contributed by atoms with Gasteiger partial charge in [-0.05, 0) is 23.1 Å². The third-order valence-electron chi connectivity index (χ3n) is 7.62. The topological polar surface area (TPSA) is 51.8 Å². The van der Waals surface area contributed by atoms with Gasteiger partial charge < -0.3 is 4.98 Å². The fourth-order valence-corrected chi connectivity index (χ4v) is 9.02. The Kier molecular flexibility index (Phi) is 6.63. The third kappa shape index (κ3) is 4.41. The van der Waals surface area contributed by atoms with Gasteiger partial charge in [-0.3, -0.25) is 0 Å². The van der Waals surface area contributed by atoms with Gasteiger partial charge in [0.15, 0.2) is 0 Å². The average Bonchev–Trinajstić information content (AvgIpc) is 3.46. The Labute approximate surface area is 220 Å². The predicted molar refractivity (Wildman–Crippen MR) is 139 cm³/mol. The Bertz CT molecular complexity index is 1190. The van der Waals surface area contributed by atoms with Crippen LogP contribution in [0.4, 0.5) is 10.5 Å². The number of halogens is 2. The van der Waals surface area contributed by atoms with Crippen LogP contribution in [-0.2, 0) is 11.2 Å². The SMILES string of the molecule is O=C(OCCc1ccc2cc[nH]c2c1)N1CCC2CC1c1cc(N3CCN([I-]I)CC3)ccc12. The van der Waals surface area contributed by atoms with E-state index in [4.69, 9.17) is 4.74 Å². The Balaban J connectivity index is 1.12. The maximum absolute atomic E-state index is 13.1. The van der Waals surface area contributed by atoms with E-state index < -0.39 is 0 Å². The van der Waals surface area contributed by atoms with E-state index in [1.54, 1.807) is 0 Å². The van der Waals surface area contributed by atoms with Gasteiger partial charge >= 0.3 is 164 Å². The molecule has 180 valence electrons. The maximum atomic E-state index is 13.1. The summed E-state index contributed by atoms with van der Waals surface area (Å²) < 4.78 is 8.38. The average molecular weight is 683 g/mol. The molecule has 3 heterocycles. The van der Waals surface area contributed by atoms with Gasteiger partial charge in [-0.25, -0.2) is 0 Å². The molecular formula is C26H29I2N4O2-. The molecule has 0 radical (unpaired) electrons. The first kappa shape index (κ1) is 22.9. The van der Waals surface area contributed by atoms with Crippen LogP contribution in [0.25, 0.3) is 10.9 Å². The van der Waals surface area contributed by atoms with Gasteiger partial charge in [-0.2, -0.15) is 0 Å². The molecule has 1 N–H and O–H groups in total. The number of anilines is 1. The zero-order valence-corrected chi connectivity index (χ0v) is 23.4. The van der Waals surface area contributed by atoms with E-state index in [9.17, 15) is 4.79 Å². The molecule has 2 fully saturated rings. The van der Waals surface area contributed by atoms with Crippen LogP contribution in [0.1, 0.15) is 41.5 Å². The second-order valence-corrected chi connectivity index (χ2v) is 13.6. The summed E-state index contributed by atoms with van der Waals surface area (Å²) in [7, 11) is 0. The van der Waals surface area contributed by atoms with Gasteiger partial charge in [0.25, 0.3) is 0 Å². The number of piperazine rings is 1. The number of hydrogen-bond acceptors (Lipinski definition) is 4. The van der Waals surface area contributed by atoms with E-state index in [2.05, 4.69) is 74.1 Å². The fraction of sp³-hybridized carbons (Fsp3) is 0.423. The summed E-state index contributed by atoms with van der Waals surface area (Å²) in [5.41, 5.74) is 6.41. The van der Waals surface area contributed by atoms with Crippen LogP contribution < -0.4 is 22.4 Å². The second kappa shape index (κ2) is 9.85.